The number of anilines is 1. The molecule has 6 heteroatoms. The van der Waals surface area contributed by atoms with Crippen molar-refractivity contribution >= 4 is 36.4 Å². The summed E-state index contributed by atoms with van der Waals surface area (Å²) >= 11 is 0. The molecule has 2 heterocycles. The van der Waals surface area contributed by atoms with Crippen LogP contribution in [0.2, 0.25) is 0 Å². The number of hydrogen-bond donors (Lipinski definition) is 2. The zero-order valence-electron chi connectivity index (χ0n) is 17.3. The third-order valence-electron chi connectivity index (χ3n) is 6.22. The van der Waals surface area contributed by atoms with Crippen LogP contribution < -0.4 is 10.6 Å². The van der Waals surface area contributed by atoms with E-state index in [1.165, 1.54) is 44.3 Å². The lowest BCUT2D eigenvalue weighted by atomic mass is 9.84. The molecule has 28 heavy (non-hydrogen) atoms. The molecule has 1 aromatic rings. The van der Waals surface area contributed by atoms with Gasteiger partial charge in [0.05, 0.1) is 0 Å². The van der Waals surface area contributed by atoms with Crippen molar-refractivity contribution in [1.82, 2.24) is 10.2 Å². The Labute approximate surface area is 183 Å². The highest BCUT2D eigenvalue weighted by Gasteiger charge is 2.22. The maximum atomic E-state index is 12.4. The van der Waals surface area contributed by atoms with Gasteiger partial charge in [-0.05, 0) is 87.3 Å². The van der Waals surface area contributed by atoms with E-state index in [0.29, 0.717) is 18.3 Å². The first-order valence-corrected chi connectivity index (χ1v) is 10.4. The summed E-state index contributed by atoms with van der Waals surface area (Å²) in [6.07, 6.45) is 5.63. The van der Waals surface area contributed by atoms with Crippen LogP contribution in [0.5, 0.6) is 0 Å². The summed E-state index contributed by atoms with van der Waals surface area (Å²) in [4.78, 5) is 14.9. The van der Waals surface area contributed by atoms with E-state index < -0.39 is 0 Å². The number of benzene rings is 1. The maximum Gasteiger partial charge on any atom is 0.224 e. The molecule has 2 aliphatic heterocycles. The minimum Gasteiger partial charge on any atom is -0.326 e. The fraction of sp³-hybridized carbons (Fsp3) is 0.682. The van der Waals surface area contributed by atoms with Gasteiger partial charge in [-0.2, -0.15) is 0 Å². The number of amides is 1. The van der Waals surface area contributed by atoms with E-state index in [1.807, 2.05) is 0 Å². The molecule has 3 rings (SSSR count). The lowest BCUT2D eigenvalue weighted by Gasteiger charge is -2.30. The molecule has 0 saturated carbocycles. The Kier molecular flexibility index (Phi) is 11.4. The fourth-order valence-electron chi connectivity index (χ4n) is 4.26. The van der Waals surface area contributed by atoms with Gasteiger partial charge in [0.1, 0.15) is 0 Å². The molecular weight excluding hydrogens is 393 g/mol. The second-order valence-corrected chi connectivity index (χ2v) is 8.47. The monoisotopic (exact) mass is 429 g/mol. The zero-order valence-corrected chi connectivity index (χ0v) is 18.9. The van der Waals surface area contributed by atoms with Crippen molar-refractivity contribution in [3.05, 3.63) is 29.8 Å². The molecule has 2 saturated heterocycles. The summed E-state index contributed by atoms with van der Waals surface area (Å²) in [5.41, 5.74) is 2.25. The van der Waals surface area contributed by atoms with Crippen molar-refractivity contribution in [3.8, 4) is 0 Å². The first kappa shape index (κ1) is 25.2. The SMILES string of the molecule is CC1CCN(Cc2ccc(NC(=O)CC(C)C3CCNCC3)cc2)CC1.Cl.Cl. The van der Waals surface area contributed by atoms with Gasteiger partial charge in [-0.1, -0.05) is 26.0 Å². The molecule has 1 unspecified atom stereocenters. The number of nitrogens with one attached hydrogen (secondary N) is 2. The number of hydrogen-bond acceptors (Lipinski definition) is 3. The molecular formula is C22H37Cl2N3O. The second-order valence-electron chi connectivity index (χ2n) is 8.47. The molecule has 0 aliphatic carbocycles. The van der Waals surface area contributed by atoms with Crippen LogP contribution in [0.3, 0.4) is 0 Å². The first-order chi connectivity index (χ1) is 12.6. The molecule has 2 fully saturated rings. The summed E-state index contributed by atoms with van der Waals surface area (Å²) in [6.45, 7) is 10.2. The Morgan fingerprint density at radius 3 is 2.32 bits per heavy atom. The Balaban J connectivity index is 0.00000196. The Bertz CT molecular complexity index is 568. The van der Waals surface area contributed by atoms with Gasteiger partial charge in [-0.25, -0.2) is 0 Å². The van der Waals surface area contributed by atoms with Crippen molar-refractivity contribution in [2.75, 3.05) is 31.5 Å². The Morgan fingerprint density at radius 1 is 1.11 bits per heavy atom. The fourth-order valence-corrected chi connectivity index (χ4v) is 4.26. The van der Waals surface area contributed by atoms with Crippen molar-refractivity contribution in [3.63, 3.8) is 0 Å². The maximum absolute atomic E-state index is 12.4. The zero-order chi connectivity index (χ0) is 18.4. The van der Waals surface area contributed by atoms with Gasteiger partial charge in [0.25, 0.3) is 0 Å². The highest BCUT2D eigenvalue weighted by atomic mass is 35.5. The Hall–Kier alpha value is -0.810. The molecule has 1 atom stereocenters. The lowest BCUT2D eigenvalue weighted by Crippen LogP contribution is -2.32. The van der Waals surface area contributed by atoms with E-state index in [9.17, 15) is 4.79 Å². The number of likely N-dealkylation sites (tertiary alicyclic amines) is 1. The van der Waals surface area contributed by atoms with E-state index in [-0.39, 0.29) is 30.7 Å². The van der Waals surface area contributed by atoms with Crippen LogP contribution in [0.15, 0.2) is 24.3 Å². The molecule has 0 bridgehead atoms. The largest absolute Gasteiger partial charge is 0.326 e. The van der Waals surface area contributed by atoms with Crippen LogP contribution in [0.25, 0.3) is 0 Å². The number of nitrogens with zero attached hydrogens (tertiary/aromatic N) is 1. The topological polar surface area (TPSA) is 44.4 Å². The van der Waals surface area contributed by atoms with Crippen LogP contribution in [0, 0.1) is 17.8 Å². The molecule has 160 valence electrons. The van der Waals surface area contributed by atoms with Crippen molar-refractivity contribution < 1.29 is 4.79 Å². The van der Waals surface area contributed by atoms with Crippen LogP contribution in [-0.2, 0) is 11.3 Å². The summed E-state index contributed by atoms with van der Waals surface area (Å²) in [6, 6.07) is 8.41. The van der Waals surface area contributed by atoms with Gasteiger partial charge in [-0.15, -0.1) is 24.8 Å². The molecule has 2 N–H and O–H groups in total. The highest BCUT2D eigenvalue weighted by Crippen LogP contribution is 2.25. The summed E-state index contributed by atoms with van der Waals surface area (Å²) < 4.78 is 0. The van der Waals surface area contributed by atoms with Gasteiger partial charge < -0.3 is 10.6 Å². The van der Waals surface area contributed by atoms with E-state index >= 15 is 0 Å². The van der Waals surface area contributed by atoms with Crippen molar-refractivity contribution in [1.29, 1.82) is 0 Å². The lowest BCUT2D eigenvalue weighted by molar-refractivity contribution is -0.117. The van der Waals surface area contributed by atoms with Gasteiger partial charge in [-0.3, -0.25) is 9.69 Å². The number of carbonyl (C=O) groups excluding carboxylic acids is 1. The molecule has 0 radical (unpaired) electrons. The summed E-state index contributed by atoms with van der Waals surface area (Å²) in [5.74, 6) is 2.15. The smallest absolute Gasteiger partial charge is 0.224 e. The van der Waals surface area contributed by atoms with Gasteiger partial charge in [0.2, 0.25) is 5.91 Å². The molecule has 2 aliphatic rings. The number of piperidine rings is 2. The highest BCUT2D eigenvalue weighted by molar-refractivity contribution is 5.90. The van der Waals surface area contributed by atoms with Crippen LogP contribution >= 0.6 is 24.8 Å². The van der Waals surface area contributed by atoms with Crippen LogP contribution in [0.4, 0.5) is 5.69 Å². The number of rotatable bonds is 6. The molecule has 0 spiro atoms. The standard InChI is InChI=1S/C22H35N3O.2ClH/c1-17-9-13-25(14-10-17)16-19-3-5-21(6-4-19)24-22(26)15-18(2)20-7-11-23-12-8-20;;/h3-6,17-18,20,23H,7-16H2,1-2H3,(H,24,26);2*1H. The van der Waals surface area contributed by atoms with Crippen LogP contribution in [-0.4, -0.2) is 37.0 Å². The van der Waals surface area contributed by atoms with E-state index in [1.54, 1.807) is 0 Å². The third kappa shape index (κ3) is 7.90. The van der Waals surface area contributed by atoms with Crippen LogP contribution in [0.1, 0.15) is 51.5 Å². The predicted octanol–water partition coefficient (Wildman–Crippen LogP) is 4.73. The van der Waals surface area contributed by atoms with Gasteiger partial charge >= 0.3 is 0 Å². The molecule has 0 aromatic heterocycles. The average Bonchev–Trinajstić information content (AvgIpc) is 2.66. The molecule has 4 nitrogen and oxygen atoms in total. The van der Waals surface area contributed by atoms with E-state index in [2.05, 4.69) is 53.6 Å². The van der Waals surface area contributed by atoms with Crippen molar-refractivity contribution in [2.45, 2.75) is 52.5 Å². The number of carbonyl (C=O) groups is 1. The minimum atomic E-state index is 0. The average molecular weight is 430 g/mol. The summed E-state index contributed by atoms with van der Waals surface area (Å²) in [7, 11) is 0. The normalized spacial score (nSPS) is 19.9. The molecule has 1 aromatic carbocycles. The van der Waals surface area contributed by atoms with E-state index in [0.717, 1.165) is 31.2 Å². The Morgan fingerprint density at radius 2 is 1.71 bits per heavy atom. The number of halogens is 2. The second kappa shape index (κ2) is 12.7. The predicted molar refractivity (Wildman–Crippen MR) is 123 cm³/mol. The quantitative estimate of drug-likeness (QED) is 0.686. The summed E-state index contributed by atoms with van der Waals surface area (Å²) in [5, 5.41) is 6.48. The third-order valence-corrected chi connectivity index (χ3v) is 6.22. The first-order valence-electron chi connectivity index (χ1n) is 10.4. The van der Waals surface area contributed by atoms with Gasteiger partial charge in [0, 0.05) is 18.7 Å². The van der Waals surface area contributed by atoms with E-state index in [4.69, 9.17) is 0 Å². The van der Waals surface area contributed by atoms with Crippen molar-refractivity contribution in [2.24, 2.45) is 17.8 Å². The minimum absolute atomic E-state index is 0. The molecule has 1 amide bonds. The van der Waals surface area contributed by atoms with Gasteiger partial charge in [0.15, 0.2) is 0 Å².